The molecule has 0 amide bonds. The molecule has 1 heterocycles. The number of fused-ring (bicyclic) bond motifs is 1. The van der Waals surface area contributed by atoms with Gasteiger partial charge < -0.3 is 10.4 Å². The van der Waals surface area contributed by atoms with Gasteiger partial charge in [-0.05, 0) is 24.6 Å². The Bertz CT molecular complexity index is 347. The van der Waals surface area contributed by atoms with Gasteiger partial charge in [0.05, 0.1) is 0 Å². The topological polar surface area (TPSA) is 49.3 Å². The number of carbonyl (C=O) groups is 1. The lowest BCUT2D eigenvalue weighted by molar-refractivity contribution is 0.0983. The molecule has 0 spiro atoms. The van der Waals surface area contributed by atoms with Gasteiger partial charge in [0, 0.05) is 24.2 Å². The highest BCUT2D eigenvalue weighted by molar-refractivity contribution is 6.02. The first-order chi connectivity index (χ1) is 6.27. The van der Waals surface area contributed by atoms with Crippen molar-refractivity contribution in [2.75, 3.05) is 11.9 Å². The van der Waals surface area contributed by atoms with Crippen molar-refractivity contribution in [3.63, 3.8) is 0 Å². The number of benzene rings is 1. The number of rotatable bonds is 0. The number of phenolic OH excluding ortho intramolecular Hbond substituents is 1. The molecule has 3 heteroatoms. The van der Waals surface area contributed by atoms with Gasteiger partial charge >= 0.3 is 0 Å². The number of nitrogens with one attached hydrogen (secondary N) is 1. The molecule has 0 fully saturated rings. The van der Waals surface area contributed by atoms with Gasteiger partial charge in [0.25, 0.3) is 0 Å². The normalized spacial score (nSPS) is 15.8. The fourth-order valence-corrected chi connectivity index (χ4v) is 1.52. The van der Waals surface area contributed by atoms with Gasteiger partial charge in [-0.1, -0.05) is 0 Å². The van der Waals surface area contributed by atoms with E-state index in [0.29, 0.717) is 12.0 Å². The third kappa shape index (κ3) is 1.49. The number of hydrogen-bond acceptors (Lipinski definition) is 3. The molecule has 1 aliphatic heterocycles. The van der Waals surface area contributed by atoms with Crippen LogP contribution >= 0.6 is 0 Å². The molecule has 3 nitrogen and oxygen atoms in total. The zero-order valence-corrected chi connectivity index (χ0v) is 7.21. The number of phenols is 1. The summed E-state index contributed by atoms with van der Waals surface area (Å²) < 4.78 is 0. The summed E-state index contributed by atoms with van der Waals surface area (Å²) in [5.41, 5.74) is 1.44. The quantitative estimate of drug-likeness (QED) is 0.594. The number of carbonyl (C=O) groups excluding carboxylic acids is 1. The Morgan fingerprint density at radius 3 is 3.08 bits per heavy atom. The third-order valence-electron chi connectivity index (χ3n) is 2.20. The Morgan fingerprint density at radius 2 is 2.23 bits per heavy atom. The van der Waals surface area contributed by atoms with Crippen LogP contribution in [-0.4, -0.2) is 17.4 Å². The minimum absolute atomic E-state index is 0.107. The fraction of sp³-hybridized carbons (Fsp3) is 0.300. The Labute approximate surface area is 76.4 Å². The molecule has 1 aliphatic rings. The van der Waals surface area contributed by atoms with E-state index >= 15 is 0 Å². The summed E-state index contributed by atoms with van der Waals surface area (Å²) in [7, 11) is 0. The first-order valence-corrected chi connectivity index (χ1v) is 4.37. The van der Waals surface area contributed by atoms with E-state index in [0.717, 1.165) is 18.7 Å². The molecular formula is C10H11NO2. The van der Waals surface area contributed by atoms with Crippen LogP contribution in [0.5, 0.6) is 5.75 Å². The molecule has 0 saturated carbocycles. The SMILES string of the molecule is O=C1CCCNc2ccc(O)cc21. The van der Waals surface area contributed by atoms with Crippen LogP contribution in [-0.2, 0) is 0 Å². The lowest BCUT2D eigenvalue weighted by atomic mass is 10.1. The zero-order chi connectivity index (χ0) is 9.26. The number of ketones is 1. The molecule has 0 saturated heterocycles. The number of anilines is 1. The molecule has 0 aliphatic carbocycles. The van der Waals surface area contributed by atoms with Crippen LogP contribution in [0.4, 0.5) is 5.69 Å². The van der Waals surface area contributed by atoms with E-state index in [1.807, 2.05) is 0 Å². The number of aromatic hydroxyl groups is 1. The summed E-state index contributed by atoms with van der Waals surface area (Å²) in [5, 5.41) is 12.4. The lowest BCUT2D eigenvalue weighted by Gasteiger charge is -2.05. The van der Waals surface area contributed by atoms with Crippen molar-refractivity contribution < 1.29 is 9.90 Å². The van der Waals surface area contributed by atoms with Gasteiger partial charge in [0.2, 0.25) is 0 Å². The van der Waals surface area contributed by atoms with Gasteiger partial charge in [0.1, 0.15) is 5.75 Å². The van der Waals surface area contributed by atoms with Gasteiger partial charge in [-0.3, -0.25) is 4.79 Å². The second-order valence-electron chi connectivity index (χ2n) is 3.18. The largest absolute Gasteiger partial charge is 0.508 e. The average molecular weight is 177 g/mol. The molecule has 13 heavy (non-hydrogen) atoms. The summed E-state index contributed by atoms with van der Waals surface area (Å²) in [6, 6.07) is 4.86. The second-order valence-corrected chi connectivity index (χ2v) is 3.18. The molecule has 1 aromatic carbocycles. The van der Waals surface area contributed by atoms with Crippen LogP contribution in [0, 0.1) is 0 Å². The van der Waals surface area contributed by atoms with Crippen LogP contribution < -0.4 is 5.32 Å². The maximum absolute atomic E-state index is 11.5. The average Bonchev–Trinajstić information content (AvgIpc) is 2.29. The predicted octanol–water partition coefficient (Wildman–Crippen LogP) is 1.78. The second kappa shape index (κ2) is 3.09. The van der Waals surface area contributed by atoms with Crippen LogP contribution in [0.2, 0.25) is 0 Å². The first kappa shape index (κ1) is 8.10. The molecule has 0 bridgehead atoms. The van der Waals surface area contributed by atoms with Crippen LogP contribution in [0.25, 0.3) is 0 Å². The van der Waals surface area contributed by atoms with E-state index in [1.165, 1.54) is 6.07 Å². The summed E-state index contributed by atoms with van der Waals surface area (Å²) in [6.45, 7) is 0.823. The van der Waals surface area contributed by atoms with Crippen LogP contribution in [0.3, 0.4) is 0 Å². The van der Waals surface area contributed by atoms with Crippen molar-refractivity contribution >= 4 is 11.5 Å². The van der Waals surface area contributed by atoms with E-state index in [-0.39, 0.29) is 11.5 Å². The Balaban J connectivity index is 2.49. The van der Waals surface area contributed by atoms with Crippen LogP contribution in [0.15, 0.2) is 18.2 Å². The standard InChI is InChI=1S/C10H11NO2/c12-7-3-4-9-8(6-7)10(13)2-1-5-11-9/h3-4,6,11-12H,1-2,5H2. The molecule has 2 N–H and O–H groups in total. The molecule has 68 valence electrons. The Hall–Kier alpha value is -1.51. The van der Waals surface area contributed by atoms with Gasteiger partial charge in [-0.2, -0.15) is 0 Å². The lowest BCUT2D eigenvalue weighted by Crippen LogP contribution is -1.99. The highest BCUT2D eigenvalue weighted by Gasteiger charge is 2.14. The minimum Gasteiger partial charge on any atom is -0.508 e. The van der Waals surface area contributed by atoms with E-state index in [2.05, 4.69) is 5.32 Å². The molecule has 0 radical (unpaired) electrons. The smallest absolute Gasteiger partial charge is 0.165 e. The highest BCUT2D eigenvalue weighted by Crippen LogP contribution is 2.25. The van der Waals surface area contributed by atoms with E-state index in [4.69, 9.17) is 0 Å². The van der Waals surface area contributed by atoms with Crippen molar-refractivity contribution in [2.45, 2.75) is 12.8 Å². The molecule has 0 atom stereocenters. The minimum atomic E-state index is 0.107. The fourth-order valence-electron chi connectivity index (χ4n) is 1.52. The third-order valence-corrected chi connectivity index (χ3v) is 2.20. The Morgan fingerprint density at radius 1 is 1.38 bits per heavy atom. The van der Waals surface area contributed by atoms with E-state index in [9.17, 15) is 9.90 Å². The summed E-state index contributed by atoms with van der Waals surface area (Å²) in [4.78, 5) is 11.5. The maximum atomic E-state index is 11.5. The molecule has 1 aromatic rings. The summed E-state index contributed by atoms with van der Waals surface area (Å²) >= 11 is 0. The van der Waals surface area contributed by atoms with Crippen molar-refractivity contribution in [1.29, 1.82) is 0 Å². The number of hydrogen-bond donors (Lipinski definition) is 2. The van der Waals surface area contributed by atoms with E-state index < -0.39 is 0 Å². The van der Waals surface area contributed by atoms with Crippen molar-refractivity contribution in [3.05, 3.63) is 23.8 Å². The van der Waals surface area contributed by atoms with Gasteiger partial charge in [-0.25, -0.2) is 0 Å². The molecule has 2 rings (SSSR count). The highest BCUT2D eigenvalue weighted by atomic mass is 16.3. The van der Waals surface area contributed by atoms with Crippen molar-refractivity contribution in [1.82, 2.24) is 0 Å². The van der Waals surface area contributed by atoms with Gasteiger partial charge in [-0.15, -0.1) is 0 Å². The molecule has 0 aromatic heterocycles. The number of Topliss-reactive ketones (excluding diaryl/α,β-unsaturated/α-hetero) is 1. The Kier molecular flexibility index (Phi) is 1.93. The van der Waals surface area contributed by atoms with Crippen molar-refractivity contribution in [2.24, 2.45) is 0 Å². The zero-order valence-electron chi connectivity index (χ0n) is 7.21. The molecule has 0 unspecified atom stereocenters. The van der Waals surface area contributed by atoms with Crippen LogP contribution in [0.1, 0.15) is 23.2 Å². The van der Waals surface area contributed by atoms with Gasteiger partial charge in [0.15, 0.2) is 5.78 Å². The first-order valence-electron chi connectivity index (χ1n) is 4.37. The maximum Gasteiger partial charge on any atom is 0.165 e. The summed E-state index contributed by atoms with van der Waals surface area (Å²) in [5.74, 6) is 0.256. The predicted molar refractivity (Wildman–Crippen MR) is 50.2 cm³/mol. The van der Waals surface area contributed by atoms with Crippen molar-refractivity contribution in [3.8, 4) is 5.75 Å². The molecular weight excluding hydrogens is 166 g/mol. The van der Waals surface area contributed by atoms with E-state index in [1.54, 1.807) is 12.1 Å². The summed E-state index contributed by atoms with van der Waals surface area (Å²) in [6.07, 6.45) is 1.41. The monoisotopic (exact) mass is 177 g/mol.